The highest BCUT2D eigenvalue weighted by molar-refractivity contribution is 5.74. The molecule has 0 aliphatic heterocycles. The van der Waals surface area contributed by atoms with Crippen LogP contribution in [0.15, 0.2) is 30.3 Å². The Hall–Kier alpha value is -1.35. The fourth-order valence-corrected chi connectivity index (χ4v) is 2.30. The van der Waals surface area contributed by atoms with Crippen LogP contribution in [-0.4, -0.2) is 12.0 Å². The summed E-state index contributed by atoms with van der Waals surface area (Å²) in [6.07, 6.45) is 7.16. The van der Waals surface area contributed by atoms with Crippen molar-refractivity contribution in [1.29, 1.82) is 0 Å². The first-order valence-corrected chi connectivity index (χ1v) is 6.83. The van der Waals surface area contributed by atoms with Crippen molar-refractivity contribution >= 4 is 5.91 Å². The number of aryl methyl sites for hydroxylation is 1. The maximum atomic E-state index is 11.6. The van der Waals surface area contributed by atoms with E-state index in [1.807, 2.05) is 18.2 Å². The van der Waals surface area contributed by atoms with Crippen LogP contribution < -0.4 is 5.48 Å². The Morgan fingerprint density at radius 2 is 1.94 bits per heavy atom. The molecule has 0 heterocycles. The number of benzene rings is 1. The molecule has 3 nitrogen and oxygen atoms in total. The quantitative estimate of drug-likeness (QED) is 0.785. The van der Waals surface area contributed by atoms with E-state index in [4.69, 9.17) is 4.84 Å². The van der Waals surface area contributed by atoms with Crippen molar-refractivity contribution in [1.82, 2.24) is 5.48 Å². The predicted octanol–water partition coefficient (Wildman–Crippen LogP) is 3.00. The maximum absolute atomic E-state index is 11.6. The van der Waals surface area contributed by atoms with Crippen molar-refractivity contribution in [2.75, 3.05) is 0 Å². The van der Waals surface area contributed by atoms with Crippen LogP contribution >= 0.6 is 0 Å². The number of carbonyl (C=O) groups excluding carboxylic acids is 1. The average molecular weight is 247 g/mol. The van der Waals surface area contributed by atoms with E-state index >= 15 is 0 Å². The summed E-state index contributed by atoms with van der Waals surface area (Å²) in [7, 11) is 0. The van der Waals surface area contributed by atoms with E-state index in [1.54, 1.807) is 0 Å². The van der Waals surface area contributed by atoms with Gasteiger partial charge in [0.25, 0.3) is 0 Å². The van der Waals surface area contributed by atoms with Gasteiger partial charge in [-0.1, -0.05) is 43.2 Å². The molecule has 1 fully saturated rings. The number of carbonyl (C=O) groups is 1. The number of hydrogen-bond acceptors (Lipinski definition) is 2. The van der Waals surface area contributed by atoms with Crippen molar-refractivity contribution < 1.29 is 9.63 Å². The fourth-order valence-electron chi connectivity index (χ4n) is 2.30. The number of amides is 1. The molecule has 0 saturated heterocycles. The van der Waals surface area contributed by atoms with Crippen molar-refractivity contribution in [3.05, 3.63) is 35.9 Å². The minimum Gasteiger partial charge on any atom is -0.273 e. The van der Waals surface area contributed by atoms with Gasteiger partial charge in [-0.25, -0.2) is 5.48 Å². The molecule has 0 spiro atoms. The smallest absolute Gasteiger partial charge is 0.243 e. The van der Waals surface area contributed by atoms with Gasteiger partial charge in [-0.05, 0) is 31.2 Å². The minimum absolute atomic E-state index is 0.00201. The molecule has 0 bridgehead atoms. The van der Waals surface area contributed by atoms with Gasteiger partial charge in [0.1, 0.15) is 0 Å². The highest BCUT2D eigenvalue weighted by Crippen LogP contribution is 2.19. The van der Waals surface area contributed by atoms with Crippen LogP contribution in [0.3, 0.4) is 0 Å². The third-order valence-electron chi connectivity index (χ3n) is 3.35. The molecule has 1 aliphatic carbocycles. The van der Waals surface area contributed by atoms with Crippen molar-refractivity contribution in [3.8, 4) is 0 Å². The first-order chi connectivity index (χ1) is 8.84. The molecule has 1 aromatic carbocycles. The van der Waals surface area contributed by atoms with Gasteiger partial charge in [-0.3, -0.25) is 9.63 Å². The van der Waals surface area contributed by atoms with E-state index in [9.17, 15) is 4.79 Å². The zero-order valence-electron chi connectivity index (χ0n) is 10.7. The van der Waals surface area contributed by atoms with Crippen LogP contribution in [0.2, 0.25) is 0 Å². The standard InChI is InChI=1S/C15H21NO2/c17-15(16-18-14-10-4-5-11-14)12-6-9-13-7-2-1-3-8-13/h1-3,7-8,14H,4-6,9-12H2,(H,16,17). The lowest BCUT2D eigenvalue weighted by Gasteiger charge is -2.11. The molecular weight excluding hydrogens is 226 g/mol. The first-order valence-electron chi connectivity index (χ1n) is 6.83. The summed E-state index contributed by atoms with van der Waals surface area (Å²) in [5.41, 5.74) is 3.85. The second-order valence-electron chi connectivity index (χ2n) is 4.89. The van der Waals surface area contributed by atoms with Crippen LogP contribution in [-0.2, 0) is 16.1 Å². The Labute approximate surface area is 108 Å². The van der Waals surface area contributed by atoms with E-state index in [1.165, 1.54) is 18.4 Å². The molecule has 0 unspecified atom stereocenters. The lowest BCUT2D eigenvalue weighted by molar-refractivity contribution is -0.138. The van der Waals surface area contributed by atoms with E-state index in [-0.39, 0.29) is 12.0 Å². The molecule has 98 valence electrons. The molecule has 2 rings (SSSR count). The molecule has 3 heteroatoms. The Morgan fingerprint density at radius 3 is 2.67 bits per heavy atom. The molecule has 1 aliphatic rings. The van der Waals surface area contributed by atoms with E-state index in [0.29, 0.717) is 6.42 Å². The molecule has 1 saturated carbocycles. The molecule has 0 atom stereocenters. The van der Waals surface area contributed by atoms with Gasteiger partial charge in [0.05, 0.1) is 6.10 Å². The lowest BCUT2D eigenvalue weighted by Crippen LogP contribution is -2.28. The fraction of sp³-hybridized carbons (Fsp3) is 0.533. The number of rotatable bonds is 6. The summed E-state index contributed by atoms with van der Waals surface area (Å²) in [5.74, 6) is -0.00201. The van der Waals surface area contributed by atoms with E-state index < -0.39 is 0 Å². The Balaban J connectivity index is 1.57. The number of nitrogens with one attached hydrogen (secondary N) is 1. The van der Waals surface area contributed by atoms with Crippen LogP contribution in [0.5, 0.6) is 0 Å². The average Bonchev–Trinajstić information content (AvgIpc) is 2.91. The van der Waals surface area contributed by atoms with Crippen molar-refractivity contribution in [2.24, 2.45) is 0 Å². The SMILES string of the molecule is O=C(CCCc1ccccc1)NOC1CCCC1. The van der Waals surface area contributed by atoms with Crippen molar-refractivity contribution in [2.45, 2.75) is 51.0 Å². The van der Waals surface area contributed by atoms with Crippen LogP contribution in [0, 0.1) is 0 Å². The zero-order chi connectivity index (χ0) is 12.6. The first kappa shape index (κ1) is 13.1. The zero-order valence-corrected chi connectivity index (χ0v) is 10.7. The minimum atomic E-state index is -0.00201. The van der Waals surface area contributed by atoms with Gasteiger partial charge < -0.3 is 0 Å². The van der Waals surface area contributed by atoms with E-state index in [2.05, 4.69) is 17.6 Å². The summed E-state index contributed by atoms with van der Waals surface area (Å²) in [6, 6.07) is 10.2. The Bertz CT molecular complexity index is 358. The highest BCUT2D eigenvalue weighted by Gasteiger charge is 2.16. The van der Waals surface area contributed by atoms with Gasteiger partial charge in [-0.15, -0.1) is 0 Å². The molecule has 1 N–H and O–H groups in total. The van der Waals surface area contributed by atoms with Gasteiger partial charge >= 0.3 is 0 Å². The third kappa shape index (κ3) is 4.49. The summed E-state index contributed by atoms with van der Waals surface area (Å²) < 4.78 is 0. The van der Waals surface area contributed by atoms with Gasteiger partial charge in [0.15, 0.2) is 0 Å². The monoisotopic (exact) mass is 247 g/mol. The topological polar surface area (TPSA) is 38.3 Å². The Morgan fingerprint density at radius 1 is 1.22 bits per heavy atom. The lowest BCUT2D eigenvalue weighted by atomic mass is 10.1. The molecule has 18 heavy (non-hydrogen) atoms. The van der Waals surface area contributed by atoms with Gasteiger partial charge in [-0.2, -0.15) is 0 Å². The summed E-state index contributed by atoms with van der Waals surface area (Å²) >= 11 is 0. The molecule has 1 amide bonds. The largest absolute Gasteiger partial charge is 0.273 e. The number of hydroxylamine groups is 1. The predicted molar refractivity (Wildman–Crippen MR) is 70.9 cm³/mol. The van der Waals surface area contributed by atoms with Gasteiger partial charge in [0.2, 0.25) is 5.91 Å². The molecule has 0 radical (unpaired) electrons. The number of hydrogen-bond donors (Lipinski definition) is 1. The van der Waals surface area contributed by atoms with Crippen molar-refractivity contribution in [3.63, 3.8) is 0 Å². The highest BCUT2D eigenvalue weighted by atomic mass is 16.7. The van der Waals surface area contributed by atoms with Crippen LogP contribution in [0.4, 0.5) is 0 Å². The Kier molecular flexibility index (Phi) is 5.21. The second-order valence-corrected chi connectivity index (χ2v) is 4.89. The summed E-state index contributed by atoms with van der Waals surface area (Å²) in [4.78, 5) is 16.9. The summed E-state index contributed by atoms with van der Waals surface area (Å²) in [6.45, 7) is 0. The van der Waals surface area contributed by atoms with Crippen LogP contribution in [0.1, 0.15) is 44.1 Å². The third-order valence-corrected chi connectivity index (χ3v) is 3.35. The normalized spacial score (nSPS) is 15.8. The van der Waals surface area contributed by atoms with Gasteiger partial charge in [0, 0.05) is 6.42 Å². The van der Waals surface area contributed by atoms with Crippen LogP contribution in [0.25, 0.3) is 0 Å². The summed E-state index contributed by atoms with van der Waals surface area (Å²) in [5, 5.41) is 0. The second kappa shape index (κ2) is 7.17. The maximum Gasteiger partial charge on any atom is 0.243 e. The molecular formula is C15H21NO2. The molecule has 1 aromatic rings. The molecule has 0 aromatic heterocycles. The van der Waals surface area contributed by atoms with E-state index in [0.717, 1.165) is 25.7 Å².